The minimum atomic E-state index is -4.58. The van der Waals surface area contributed by atoms with E-state index in [1.165, 1.54) is 25.3 Å². The molecule has 2 atom stereocenters. The van der Waals surface area contributed by atoms with Crippen molar-refractivity contribution in [3.63, 3.8) is 0 Å². The molecular formula is C23H24Cl2F3NO5. The molecule has 186 valence electrons. The van der Waals surface area contributed by atoms with Crippen LogP contribution in [0.25, 0.3) is 0 Å². The maximum Gasteiger partial charge on any atom is 0.503 e. The van der Waals surface area contributed by atoms with E-state index in [4.69, 9.17) is 42.9 Å². The SMILES string of the molecule is COc1cc([C@@H](C(=O)Nc2cc(CC3CC3)ccc2Cl)[C@@H](C)C(F)(F)F)ccc1Cl.O=C(O)O. The fourth-order valence-electron chi connectivity index (χ4n) is 3.39. The molecule has 6 nitrogen and oxygen atoms in total. The van der Waals surface area contributed by atoms with Crippen molar-refractivity contribution in [2.75, 3.05) is 12.4 Å². The predicted octanol–water partition coefficient (Wildman–Crippen LogP) is 7.10. The number of carbonyl (C=O) groups excluding carboxylic acids is 1. The molecule has 3 rings (SSSR count). The van der Waals surface area contributed by atoms with Crippen LogP contribution in [0, 0.1) is 11.8 Å². The maximum absolute atomic E-state index is 13.6. The monoisotopic (exact) mass is 521 g/mol. The number of carboxylic acid groups (broad SMARTS) is 2. The van der Waals surface area contributed by atoms with Crippen LogP contribution in [0.15, 0.2) is 36.4 Å². The summed E-state index contributed by atoms with van der Waals surface area (Å²) in [6, 6.07) is 9.44. The number of hydrogen-bond acceptors (Lipinski definition) is 3. The molecule has 2 aromatic carbocycles. The van der Waals surface area contributed by atoms with Gasteiger partial charge >= 0.3 is 12.3 Å². The number of alkyl halides is 3. The number of carbonyl (C=O) groups is 2. The van der Waals surface area contributed by atoms with E-state index < -0.39 is 30.1 Å². The highest BCUT2D eigenvalue weighted by atomic mass is 35.5. The number of nitrogens with one attached hydrogen (secondary N) is 1. The number of halogens is 5. The van der Waals surface area contributed by atoms with Crippen LogP contribution in [0.5, 0.6) is 5.75 Å². The van der Waals surface area contributed by atoms with Crippen LogP contribution in [-0.2, 0) is 11.2 Å². The van der Waals surface area contributed by atoms with E-state index in [-0.39, 0.29) is 21.4 Å². The van der Waals surface area contributed by atoms with E-state index in [1.807, 2.05) is 6.07 Å². The summed E-state index contributed by atoms with van der Waals surface area (Å²) in [7, 11) is 1.36. The molecule has 0 radical (unpaired) electrons. The van der Waals surface area contributed by atoms with Gasteiger partial charge in [0.1, 0.15) is 5.75 Å². The lowest BCUT2D eigenvalue weighted by Crippen LogP contribution is -2.34. The van der Waals surface area contributed by atoms with Crippen LogP contribution in [0.3, 0.4) is 0 Å². The second-order valence-electron chi connectivity index (χ2n) is 7.94. The fraction of sp³-hybridized carbons (Fsp3) is 0.391. The number of amides is 1. The molecule has 0 aromatic heterocycles. The molecule has 0 heterocycles. The lowest BCUT2D eigenvalue weighted by Gasteiger charge is -2.26. The summed E-state index contributed by atoms with van der Waals surface area (Å²) in [5.74, 6) is -3.41. The van der Waals surface area contributed by atoms with Gasteiger partial charge in [-0.3, -0.25) is 4.79 Å². The van der Waals surface area contributed by atoms with Gasteiger partial charge in [-0.15, -0.1) is 0 Å². The molecule has 1 aliphatic carbocycles. The van der Waals surface area contributed by atoms with Crippen LogP contribution in [0.4, 0.5) is 23.7 Å². The smallest absolute Gasteiger partial charge is 0.495 e. The maximum atomic E-state index is 13.6. The van der Waals surface area contributed by atoms with Crippen LogP contribution in [0.1, 0.15) is 36.8 Å². The lowest BCUT2D eigenvalue weighted by atomic mass is 9.85. The van der Waals surface area contributed by atoms with Gasteiger partial charge < -0.3 is 20.3 Å². The normalized spacial score (nSPS) is 14.9. The van der Waals surface area contributed by atoms with E-state index in [2.05, 4.69) is 5.32 Å². The summed E-state index contributed by atoms with van der Waals surface area (Å²) in [6.45, 7) is 0.983. The zero-order valence-corrected chi connectivity index (χ0v) is 19.8. The van der Waals surface area contributed by atoms with Crippen LogP contribution in [0.2, 0.25) is 10.0 Å². The first-order chi connectivity index (χ1) is 15.8. The second-order valence-corrected chi connectivity index (χ2v) is 8.75. The Bertz CT molecular complexity index is 1020. The van der Waals surface area contributed by atoms with Gasteiger partial charge in [0, 0.05) is 0 Å². The highest BCUT2D eigenvalue weighted by Crippen LogP contribution is 2.41. The first-order valence-corrected chi connectivity index (χ1v) is 11.0. The van der Waals surface area contributed by atoms with Gasteiger partial charge in [-0.05, 0) is 60.6 Å². The van der Waals surface area contributed by atoms with Crippen molar-refractivity contribution in [1.29, 1.82) is 0 Å². The quantitative estimate of drug-likeness (QED) is 0.361. The average Bonchev–Trinajstić information content (AvgIpc) is 3.54. The summed E-state index contributed by atoms with van der Waals surface area (Å²) >= 11 is 12.2. The van der Waals surface area contributed by atoms with E-state index >= 15 is 0 Å². The van der Waals surface area contributed by atoms with Crippen molar-refractivity contribution in [3.05, 3.63) is 57.6 Å². The third-order valence-corrected chi connectivity index (χ3v) is 5.98. The highest BCUT2D eigenvalue weighted by Gasteiger charge is 2.45. The summed E-state index contributed by atoms with van der Waals surface area (Å²) in [5.41, 5.74) is 1.45. The third kappa shape index (κ3) is 7.99. The van der Waals surface area contributed by atoms with Crippen molar-refractivity contribution in [1.82, 2.24) is 0 Å². The zero-order chi connectivity index (χ0) is 25.6. The molecule has 11 heteroatoms. The largest absolute Gasteiger partial charge is 0.503 e. The van der Waals surface area contributed by atoms with Gasteiger partial charge in [0.25, 0.3) is 0 Å². The van der Waals surface area contributed by atoms with Gasteiger partial charge in [0.05, 0.1) is 34.7 Å². The standard InChI is InChI=1S/C22H22Cl2F3NO2.CH2O3/c1-12(22(25,26)27)20(15-6-8-17(24)19(11-15)30-2)21(29)28-18-10-14(5-7-16(18)23)9-13-3-4-13;2-1(3)4/h5-8,10-13,20H,3-4,9H2,1-2H3,(H,28,29);(H2,2,3,4)/t12-,20+;/m1./s1. The molecule has 0 bridgehead atoms. The predicted molar refractivity (Wildman–Crippen MR) is 123 cm³/mol. The van der Waals surface area contributed by atoms with Crippen molar-refractivity contribution >= 4 is 41.0 Å². The van der Waals surface area contributed by atoms with Gasteiger partial charge in [-0.1, -0.05) is 42.3 Å². The van der Waals surface area contributed by atoms with Crippen molar-refractivity contribution in [3.8, 4) is 5.75 Å². The molecule has 0 spiro atoms. The Kier molecular flexibility index (Phi) is 9.46. The van der Waals surface area contributed by atoms with Gasteiger partial charge in [-0.25, -0.2) is 4.79 Å². The molecule has 0 unspecified atom stereocenters. The number of rotatable bonds is 7. The van der Waals surface area contributed by atoms with Crippen molar-refractivity contribution < 1.29 is 37.7 Å². The van der Waals surface area contributed by atoms with Crippen molar-refractivity contribution in [2.24, 2.45) is 11.8 Å². The van der Waals surface area contributed by atoms with E-state index in [1.54, 1.807) is 12.1 Å². The van der Waals surface area contributed by atoms with Crippen LogP contribution in [-0.4, -0.2) is 35.6 Å². The minimum Gasteiger partial charge on any atom is -0.495 e. The van der Waals surface area contributed by atoms with E-state index in [0.717, 1.165) is 31.7 Å². The molecule has 34 heavy (non-hydrogen) atoms. The Morgan fingerprint density at radius 3 is 2.24 bits per heavy atom. The highest BCUT2D eigenvalue weighted by molar-refractivity contribution is 6.33. The number of ether oxygens (including phenoxy) is 1. The zero-order valence-electron chi connectivity index (χ0n) is 18.3. The van der Waals surface area contributed by atoms with Crippen molar-refractivity contribution in [2.45, 2.75) is 38.3 Å². The van der Waals surface area contributed by atoms with Crippen LogP contribution >= 0.6 is 23.2 Å². The first kappa shape index (κ1) is 27.6. The molecular weight excluding hydrogens is 498 g/mol. The molecule has 1 fully saturated rings. The Hall–Kier alpha value is -2.65. The molecule has 1 amide bonds. The van der Waals surface area contributed by atoms with Gasteiger partial charge in [0.2, 0.25) is 5.91 Å². The molecule has 2 aromatic rings. The van der Waals surface area contributed by atoms with Gasteiger partial charge in [-0.2, -0.15) is 13.2 Å². The summed E-state index contributed by atoms with van der Waals surface area (Å²) in [4.78, 5) is 21.6. The third-order valence-electron chi connectivity index (χ3n) is 5.34. The first-order valence-electron chi connectivity index (χ1n) is 10.2. The van der Waals surface area contributed by atoms with Crippen LogP contribution < -0.4 is 10.1 Å². The number of benzene rings is 2. The molecule has 3 N–H and O–H groups in total. The summed E-state index contributed by atoms with van der Waals surface area (Å²) in [6.07, 6.45) is -3.23. The van der Waals surface area contributed by atoms with E-state index in [9.17, 15) is 18.0 Å². The number of hydrogen-bond donors (Lipinski definition) is 3. The molecule has 0 aliphatic heterocycles. The fourth-order valence-corrected chi connectivity index (χ4v) is 3.75. The number of anilines is 1. The molecule has 0 saturated heterocycles. The Labute approximate surface area is 204 Å². The molecule has 1 saturated carbocycles. The summed E-state index contributed by atoms with van der Waals surface area (Å²) in [5, 5.41) is 17.1. The Morgan fingerprint density at radius 1 is 1.12 bits per heavy atom. The average molecular weight is 522 g/mol. The lowest BCUT2D eigenvalue weighted by molar-refractivity contribution is -0.178. The number of methoxy groups -OCH3 is 1. The minimum absolute atomic E-state index is 0.156. The Morgan fingerprint density at radius 2 is 1.71 bits per heavy atom. The topological polar surface area (TPSA) is 95.9 Å². The second kappa shape index (κ2) is 11.7. The molecule has 1 aliphatic rings. The van der Waals surface area contributed by atoms with Gasteiger partial charge in [0.15, 0.2) is 0 Å². The summed E-state index contributed by atoms with van der Waals surface area (Å²) < 4.78 is 45.8. The Balaban J connectivity index is 0.000000945. The van der Waals surface area contributed by atoms with E-state index in [0.29, 0.717) is 11.6 Å².